The van der Waals surface area contributed by atoms with Gasteiger partial charge in [-0.25, -0.2) is 4.79 Å². The third-order valence-electron chi connectivity index (χ3n) is 5.36. The van der Waals surface area contributed by atoms with Crippen LogP contribution in [0, 0.1) is 5.92 Å². The van der Waals surface area contributed by atoms with Gasteiger partial charge in [-0.15, -0.1) is 0 Å². The van der Waals surface area contributed by atoms with Crippen molar-refractivity contribution >= 4 is 23.8 Å². The molecule has 1 aromatic carbocycles. The number of benzene rings is 1. The Kier molecular flexibility index (Phi) is 9.02. The van der Waals surface area contributed by atoms with Gasteiger partial charge in [0.2, 0.25) is 11.8 Å². The van der Waals surface area contributed by atoms with Crippen LogP contribution in [-0.2, 0) is 39.8 Å². The van der Waals surface area contributed by atoms with Crippen LogP contribution in [0.3, 0.4) is 0 Å². The first kappa shape index (κ1) is 28.3. The number of nitrogens with one attached hydrogen (secondary N) is 2. The Labute approximate surface area is 205 Å². The summed E-state index contributed by atoms with van der Waals surface area (Å²) in [5.74, 6) is -4.85. The topological polar surface area (TPSA) is 140 Å². The van der Waals surface area contributed by atoms with Crippen LogP contribution in [0.25, 0.3) is 0 Å². The molecule has 10 heteroatoms. The zero-order valence-corrected chi connectivity index (χ0v) is 21.2. The summed E-state index contributed by atoms with van der Waals surface area (Å²) in [6.07, 6.45) is -0.0565. The Morgan fingerprint density at radius 1 is 1.06 bits per heavy atom. The molecule has 1 aliphatic heterocycles. The van der Waals surface area contributed by atoms with Gasteiger partial charge in [0.1, 0.15) is 11.6 Å². The number of ether oxygens (including phenoxy) is 3. The van der Waals surface area contributed by atoms with Crippen molar-refractivity contribution in [2.75, 3.05) is 13.2 Å². The Balaban J connectivity index is 2.17. The predicted octanol–water partition coefficient (Wildman–Crippen LogP) is 1.80. The lowest BCUT2D eigenvalue weighted by Gasteiger charge is -2.41. The van der Waals surface area contributed by atoms with E-state index in [2.05, 4.69) is 10.6 Å². The van der Waals surface area contributed by atoms with E-state index >= 15 is 0 Å². The van der Waals surface area contributed by atoms with E-state index in [4.69, 9.17) is 14.2 Å². The quantitative estimate of drug-likeness (QED) is 0.443. The molecule has 0 spiro atoms. The van der Waals surface area contributed by atoms with Crippen LogP contribution in [0.2, 0.25) is 0 Å². The highest BCUT2D eigenvalue weighted by atomic mass is 16.7. The molecular weight excluding hydrogens is 456 g/mol. The summed E-state index contributed by atoms with van der Waals surface area (Å²) >= 11 is 0. The number of carbonyl (C=O) groups is 4. The fourth-order valence-corrected chi connectivity index (χ4v) is 3.35. The smallest absolute Gasteiger partial charge is 0.334 e. The van der Waals surface area contributed by atoms with E-state index in [1.54, 1.807) is 65.8 Å². The molecule has 3 N–H and O–H groups in total. The van der Waals surface area contributed by atoms with Gasteiger partial charge in [0.25, 0.3) is 0 Å². The summed E-state index contributed by atoms with van der Waals surface area (Å²) in [5, 5.41) is 15.0. The number of rotatable bonds is 9. The third-order valence-corrected chi connectivity index (χ3v) is 5.36. The second-order valence-electron chi connectivity index (χ2n) is 10.3. The van der Waals surface area contributed by atoms with Crippen LogP contribution in [-0.4, -0.2) is 65.0 Å². The molecular formula is C25H36N2O8. The van der Waals surface area contributed by atoms with Gasteiger partial charge in [-0.1, -0.05) is 37.3 Å². The monoisotopic (exact) mass is 492 g/mol. The zero-order chi connectivity index (χ0) is 26.4. The molecule has 0 aliphatic carbocycles. The van der Waals surface area contributed by atoms with Gasteiger partial charge in [-0.3, -0.25) is 14.4 Å². The number of carbonyl (C=O) groups excluding carboxylic acids is 3. The van der Waals surface area contributed by atoms with Crippen molar-refractivity contribution in [2.24, 2.45) is 5.92 Å². The molecule has 2 rings (SSSR count). The molecule has 1 saturated heterocycles. The molecule has 1 aromatic rings. The SMILES string of the molecule is C[C@@H](CC(=O)OC(C)(C)C)C(=O)N[C@H](Cc1ccccc1)C(=O)NC1(C(=O)O)COC(C)(C)OC1. The number of aliphatic carboxylic acids is 1. The van der Waals surface area contributed by atoms with Crippen molar-refractivity contribution in [1.29, 1.82) is 0 Å². The third kappa shape index (κ3) is 8.63. The van der Waals surface area contributed by atoms with Crippen LogP contribution in [0.1, 0.15) is 53.5 Å². The summed E-state index contributed by atoms with van der Waals surface area (Å²) in [7, 11) is 0. The van der Waals surface area contributed by atoms with Crippen molar-refractivity contribution in [3.63, 3.8) is 0 Å². The molecule has 0 aromatic heterocycles. The number of carboxylic acid groups (broad SMARTS) is 1. The first-order valence-corrected chi connectivity index (χ1v) is 11.5. The highest BCUT2D eigenvalue weighted by molar-refractivity contribution is 5.93. The second-order valence-corrected chi connectivity index (χ2v) is 10.3. The summed E-state index contributed by atoms with van der Waals surface area (Å²) < 4.78 is 16.2. The molecule has 0 bridgehead atoms. The average molecular weight is 493 g/mol. The van der Waals surface area contributed by atoms with E-state index in [1.165, 1.54) is 0 Å². The van der Waals surface area contributed by atoms with Gasteiger partial charge in [0, 0.05) is 12.3 Å². The predicted molar refractivity (Wildman–Crippen MR) is 126 cm³/mol. The summed E-state index contributed by atoms with van der Waals surface area (Å²) in [6, 6.07) is 7.88. The molecule has 1 aliphatic rings. The van der Waals surface area contributed by atoms with Gasteiger partial charge in [-0.2, -0.15) is 0 Å². The summed E-state index contributed by atoms with van der Waals surface area (Å²) in [4.78, 5) is 50.3. The Morgan fingerprint density at radius 2 is 1.63 bits per heavy atom. The van der Waals surface area contributed by atoms with Crippen LogP contribution >= 0.6 is 0 Å². The van der Waals surface area contributed by atoms with Crippen LogP contribution in [0.15, 0.2) is 30.3 Å². The summed E-state index contributed by atoms with van der Waals surface area (Å²) in [5.41, 5.74) is -1.74. The number of esters is 1. The molecule has 2 amide bonds. The Hall–Kier alpha value is -2.98. The van der Waals surface area contributed by atoms with Crippen LogP contribution in [0.5, 0.6) is 0 Å². The van der Waals surface area contributed by atoms with Crippen molar-refractivity contribution in [3.8, 4) is 0 Å². The lowest BCUT2D eigenvalue weighted by Crippen LogP contribution is -2.67. The molecule has 194 valence electrons. The number of hydrogen-bond acceptors (Lipinski definition) is 7. The van der Waals surface area contributed by atoms with E-state index in [0.717, 1.165) is 5.56 Å². The lowest BCUT2D eigenvalue weighted by atomic mass is 9.97. The fraction of sp³-hybridized carbons (Fsp3) is 0.600. The van der Waals surface area contributed by atoms with Crippen molar-refractivity contribution < 1.29 is 38.5 Å². The van der Waals surface area contributed by atoms with Gasteiger partial charge >= 0.3 is 11.9 Å². The van der Waals surface area contributed by atoms with E-state index in [-0.39, 0.29) is 26.1 Å². The molecule has 0 radical (unpaired) electrons. The normalized spacial score (nSPS) is 18.6. The van der Waals surface area contributed by atoms with Gasteiger partial charge in [-0.05, 0) is 40.2 Å². The highest BCUT2D eigenvalue weighted by Gasteiger charge is 2.48. The lowest BCUT2D eigenvalue weighted by molar-refractivity contribution is -0.270. The second kappa shape index (κ2) is 11.2. The molecule has 1 fully saturated rings. The minimum absolute atomic E-state index is 0.112. The highest BCUT2D eigenvalue weighted by Crippen LogP contribution is 2.24. The van der Waals surface area contributed by atoms with Gasteiger partial charge in [0.15, 0.2) is 11.3 Å². The van der Waals surface area contributed by atoms with E-state index in [9.17, 15) is 24.3 Å². The van der Waals surface area contributed by atoms with Crippen LogP contribution < -0.4 is 10.6 Å². The summed E-state index contributed by atoms with van der Waals surface area (Å²) in [6.45, 7) is 9.43. The molecule has 2 atom stereocenters. The van der Waals surface area contributed by atoms with Gasteiger partial charge in [0.05, 0.1) is 19.6 Å². The minimum Gasteiger partial charge on any atom is -0.479 e. The van der Waals surface area contributed by atoms with Crippen molar-refractivity contribution in [1.82, 2.24) is 10.6 Å². The average Bonchev–Trinajstić information content (AvgIpc) is 2.74. The maximum atomic E-state index is 13.3. The molecule has 1 heterocycles. The Morgan fingerprint density at radius 3 is 2.14 bits per heavy atom. The maximum absolute atomic E-state index is 13.3. The van der Waals surface area contributed by atoms with Crippen molar-refractivity contribution in [2.45, 2.75) is 77.4 Å². The standard InChI is InChI=1S/C25H36N2O8/c1-16(12-19(28)35-23(2,3)4)20(29)26-18(13-17-10-8-7-9-11-17)21(30)27-25(22(31)32)14-33-24(5,6)34-15-25/h7-11,16,18H,12-15H2,1-6H3,(H,26,29)(H,27,30)(H,31,32)/t16-,18+/m0/s1. The first-order valence-electron chi connectivity index (χ1n) is 11.5. The molecule has 0 saturated carbocycles. The number of hydrogen-bond donors (Lipinski definition) is 3. The Bertz CT molecular complexity index is 913. The van der Waals surface area contributed by atoms with Crippen molar-refractivity contribution in [3.05, 3.63) is 35.9 Å². The minimum atomic E-state index is -1.81. The molecule has 35 heavy (non-hydrogen) atoms. The van der Waals surface area contributed by atoms with E-state index < -0.39 is 52.6 Å². The molecule has 10 nitrogen and oxygen atoms in total. The number of amides is 2. The fourth-order valence-electron chi connectivity index (χ4n) is 3.35. The maximum Gasteiger partial charge on any atom is 0.334 e. The first-order chi connectivity index (χ1) is 16.1. The largest absolute Gasteiger partial charge is 0.479 e. The molecule has 0 unspecified atom stereocenters. The van der Waals surface area contributed by atoms with E-state index in [0.29, 0.717) is 0 Å². The van der Waals surface area contributed by atoms with Crippen LogP contribution in [0.4, 0.5) is 0 Å². The van der Waals surface area contributed by atoms with E-state index in [1.807, 2.05) is 6.07 Å². The van der Waals surface area contributed by atoms with Gasteiger partial charge < -0.3 is 30.0 Å². The number of carboxylic acids is 1. The zero-order valence-electron chi connectivity index (χ0n) is 21.2.